The second-order valence-electron chi connectivity index (χ2n) is 5.35. The highest BCUT2D eigenvalue weighted by atomic mass is 35.5. The van der Waals surface area contributed by atoms with Crippen molar-refractivity contribution in [1.29, 1.82) is 0 Å². The van der Waals surface area contributed by atoms with Gasteiger partial charge in [0.25, 0.3) is 0 Å². The number of benzene rings is 2. The van der Waals surface area contributed by atoms with Crippen molar-refractivity contribution in [1.82, 2.24) is 20.2 Å². The normalized spacial score (nSPS) is 11.4. The molecular weight excluding hydrogens is 375 g/mol. The van der Waals surface area contributed by atoms with Crippen molar-refractivity contribution in [2.45, 2.75) is 13.5 Å². The van der Waals surface area contributed by atoms with Crippen molar-refractivity contribution in [3.8, 4) is 0 Å². The number of tetrazole rings is 1. The molecule has 1 aromatic heterocycles. The number of hydrogen-bond acceptors (Lipinski definition) is 5. The number of aryl methyl sites for hydroxylation is 1. The Morgan fingerprint density at radius 2 is 1.81 bits per heavy atom. The number of hydrogen-bond donors (Lipinski definition) is 0. The molecule has 0 unspecified atom stereocenters. The molecular formula is C18H14Cl2N4O2. The average Bonchev–Trinajstić information content (AvgIpc) is 3.05. The van der Waals surface area contributed by atoms with Gasteiger partial charge < -0.3 is 4.74 Å². The minimum atomic E-state index is -0.597. The molecule has 3 aromatic rings. The van der Waals surface area contributed by atoms with Gasteiger partial charge in [-0.15, -0.1) is 5.10 Å². The van der Waals surface area contributed by atoms with Gasteiger partial charge in [-0.1, -0.05) is 59.6 Å². The fourth-order valence-electron chi connectivity index (χ4n) is 2.25. The van der Waals surface area contributed by atoms with E-state index in [0.717, 1.165) is 5.56 Å². The molecule has 0 spiro atoms. The maximum absolute atomic E-state index is 12.7. The first-order valence-electron chi connectivity index (χ1n) is 7.68. The first-order valence-corrected chi connectivity index (χ1v) is 8.44. The highest BCUT2D eigenvalue weighted by molar-refractivity contribution is 6.36. The van der Waals surface area contributed by atoms with Crippen LogP contribution in [0.15, 0.2) is 48.5 Å². The Hall–Kier alpha value is -2.70. The van der Waals surface area contributed by atoms with Crippen LogP contribution in [0.5, 0.6) is 0 Å². The standard InChI is InChI=1S/C18H14Cl2N4O2/c1-12-21-22-23-24(12)17(10-13-6-3-2-4-7-13)18(25)26-11-14-15(19)8-5-9-16(14)20/h2-10H,11H2,1H3. The zero-order valence-corrected chi connectivity index (χ0v) is 15.3. The molecule has 6 nitrogen and oxygen atoms in total. The summed E-state index contributed by atoms with van der Waals surface area (Å²) in [6.07, 6.45) is 1.65. The molecule has 0 aliphatic carbocycles. The Labute approximate surface area is 160 Å². The van der Waals surface area contributed by atoms with E-state index in [1.54, 1.807) is 31.2 Å². The van der Waals surface area contributed by atoms with E-state index in [1.165, 1.54) is 4.68 Å². The molecule has 1 heterocycles. The van der Waals surface area contributed by atoms with Crippen molar-refractivity contribution in [3.63, 3.8) is 0 Å². The predicted octanol–water partition coefficient (Wildman–Crippen LogP) is 4.03. The van der Waals surface area contributed by atoms with Gasteiger partial charge in [-0.25, -0.2) is 4.79 Å². The van der Waals surface area contributed by atoms with E-state index in [-0.39, 0.29) is 12.3 Å². The highest BCUT2D eigenvalue weighted by Gasteiger charge is 2.19. The van der Waals surface area contributed by atoms with Crippen LogP contribution in [0.2, 0.25) is 10.0 Å². The van der Waals surface area contributed by atoms with Crippen LogP contribution in [0, 0.1) is 6.92 Å². The van der Waals surface area contributed by atoms with Gasteiger partial charge in [-0.3, -0.25) is 0 Å². The Bertz CT molecular complexity index is 935. The van der Waals surface area contributed by atoms with Crippen LogP contribution in [0.1, 0.15) is 17.0 Å². The lowest BCUT2D eigenvalue weighted by atomic mass is 10.2. The summed E-state index contributed by atoms with van der Waals surface area (Å²) < 4.78 is 6.73. The van der Waals surface area contributed by atoms with Gasteiger partial charge >= 0.3 is 5.97 Å². The van der Waals surface area contributed by atoms with Crippen LogP contribution in [0.3, 0.4) is 0 Å². The zero-order valence-electron chi connectivity index (χ0n) is 13.8. The number of esters is 1. The Kier molecular flexibility index (Phi) is 5.65. The molecule has 2 aromatic carbocycles. The third kappa shape index (κ3) is 4.09. The average molecular weight is 389 g/mol. The van der Waals surface area contributed by atoms with Crippen LogP contribution in [0.4, 0.5) is 0 Å². The second kappa shape index (κ2) is 8.12. The van der Waals surface area contributed by atoms with Crippen molar-refractivity contribution in [2.75, 3.05) is 0 Å². The van der Waals surface area contributed by atoms with E-state index >= 15 is 0 Å². The van der Waals surface area contributed by atoms with Gasteiger partial charge in [-0.2, -0.15) is 4.68 Å². The van der Waals surface area contributed by atoms with Crippen LogP contribution in [-0.4, -0.2) is 26.2 Å². The molecule has 0 radical (unpaired) electrons. The molecule has 26 heavy (non-hydrogen) atoms. The summed E-state index contributed by atoms with van der Waals surface area (Å²) in [5, 5.41) is 12.1. The summed E-state index contributed by atoms with van der Waals surface area (Å²) in [6, 6.07) is 14.4. The van der Waals surface area contributed by atoms with Crippen LogP contribution in [0.25, 0.3) is 11.8 Å². The smallest absolute Gasteiger partial charge is 0.357 e. The van der Waals surface area contributed by atoms with E-state index in [1.807, 2.05) is 30.3 Å². The predicted molar refractivity (Wildman–Crippen MR) is 99.4 cm³/mol. The molecule has 0 saturated carbocycles. The van der Waals surface area contributed by atoms with Crippen molar-refractivity contribution in [3.05, 3.63) is 75.5 Å². The van der Waals surface area contributed by atoms with E-state index in [9.17, 15) is 4.79 Å². The zero-order chi connectivity index (χ0) is 18.5. The number of carbonyl (C=O) groups excluding carboxylic acids is 1. The van der Waals surface area contributed by atoms with E-state index in [0.29, 0.717) is 21.4 Å². The van der Waals surface area contributed by atoms with Crippen LogP contribution >= 0.6 is 23.2 Å². The molecule has 0 aliphatic heterocycles. The lowest BCUT2D eigenvalue weighted by Crippen LogP contribution is -2.15. The molecule has 0 bridgehead atoms. The molecule has 0 fully saturated rings. The summed E-state index contributed by atoms with van der Waals surface area (Å²) in [4.78, 5) is 12.7. The molecule has 0 N–H and O–H groups in total. The fourth-order valence-corrected chi connectivity index (χ4v) is 2.76. The fraction of sp³-hybridized carbons (Fsp3) is 0.111. The maximum Gasteiger partial charge on any atom is 0.357 e. The summed E-state index contributed by atoms with van der Waals surface area (Å²) in [5.74, 6) is -0.139. The number of ether oxygens (including phenoxy) is 1. The number of carbonyl (C=O) groups is 1. The van der Waals surface area contributed by atoms with Gasteiger partial charge in [0.15, 0.2) is 11.5 Å². The highest BCUT2D eigenvalue weighted by Crippen LogP contribution is 2.25. The minimum Gasteiger partial charge on any atom is -0.456 e. The van der Waals surface area contributed by atoms with E-state index in [4.69, 9.17) is 27.9 Å². The van der Waals surface area contributed by atoms with Crippen molar-refractivity contribution >= 4 is 40.9 Å². The molecule has 8 heteroatoms. The molecule has 3 rings (SSSR count). The molecule has 132 valence electrons. The lowest BCUT2D eigenvalue weighted by molar-refractivity contribution is -0.138. The molecule has 0 saturated heterocycles. The largest absolute Gasteiger partial charge is 0.456 e. The SMILES string of the molecule is Cc1nnnn1C(=Cc1ccccc1)C(=O)OCc1c(Cl)cccc1Cl. The molecule has 0 aliphatic rings. The summed E-state index contributed by atoms with van der Waals surface area (Å²) in [6.45, 7) is 1.63. The summed E-state index contributed by atoms with van der Waals surface area (Å²) >= 11 is 12.2. The van der Waals surface area contributed by atoms with Gasteiger partial charge in [0.1, 0.15) is 6.61 Å². The van der Waals surface area contributed by atoms with Gasteiger partial charge in [0, 0.05) is 15.6 Å². The number of halogens is 2. The van der Waals surface area contributed by atoms with Crippen molar-refractivity contribution in [2.24, 2.45) is 0 Å². The van der Waals surface area contributed by atoms with Crippen LogP contribution < -0.4 is 0 Å². The Morgan fingerprint density at radius 3 is 2.42 bits per heavy atom. The van der Waals surface area contributed by atoms with Gasteiger partial charge in [0.05, 0.1) is 0 Å². The molecule has 0 amide bonds. The first kappa shape index (κ1) is 18.1. The van der Waals surface area contributed by atoms with Crippen LogP contribution in [-0.2, 0) is 16.1 Å². The second-order valence-corrected chi connectivity index (χ2v) is 6.17. The number of rotatable bonds is 5. The monoisotopic (exact) mass is 388 g/mol. The third-order valence-corrected chi connectivity index (χ3v) is 4.28. The summed E-state index contributed by atoms with van der Waals surface area (Å²) in [5.41, 5.74) is 1.53. The van der Waals surface area contributed by atoms with Gasteiger partial charge in [0.2, 0.25) is 0 Å². The van der Waals surface area contributed by atoms with E-state index < -0.39 is 5.97 Å². The quantitative estimate of drug-likeness (QED) is 0.487. The number of aromatic nitrogens is 4. The maximum atomic E-state index is 12.7. The lowest BCUT2D eigenvalue weighted by Gasteiger charge is -2.11. The van der Waals surface area contributed by atoms with Gasteiger partial charge in [-0.05, 0) is 41.1 Å². The topological polar surface area (TPSA) is 69.9 Å². The van der Waals surface area contributed by atoms with Crippen molar-refractivity contribution < 1.29 is 9.53 Å². The summed E-state index contributed by atoms with van der Waals surface area (Å²) in [7, 11) is 0. The van der Waals surface area contributed by atoms with E-state index in [2.05, 4.69) is 15.5 Å². The Morgan fingerprint density at radius 1 is 1.12 bits per heavy atom. The number of nitrogens with zero attached hydrogens (tertiary/aromatic N) is 4. The third-order valence-electron chi connectivity index (χ3n) is 3.57. The first-order chi connectivity index (χ1) is 12.6. The Balaban J connectivity index is 1.89. The molecule has 0 atom stereocenters. The minimum absolute atomic E-state index is 0.0648.